The Labute approximate surface area is 145 Å². The van der Waals surface area contributed by atoms with Gasteiger partial charge in [0.15, 0.2) is 5.82 Å². The number of benzene rings is 1. The van der Waals surface area contributed by atoms with E-state index >= 15 is 0 Å². The first kappa shape index (κ1) is 17.9. The van der Waals surface area contributed by atoms with Gasteiger partial charge in [-0.3, -0.25) is 14.3 Å². The van der Waals surface area contributed by atoms with Crippen molar-refractivity contribution in [1.82, 2.24) is 15.1 Å². The van der Waals surface area contributed by atoms with Gasteiger partial charge in [-0.15, -0.1) is 0 Å². The van der Waals surface area contributed by atoms with E-state index in [9.17, 15) is 27.2 Å². The highest BCUT2D eigenvalue weighted by Crippen LogP contribution is 2.32. The molecule has 1 aliphatic heterocycles. The number of amides is 2. The van der Waals surface area contributed by atoms with Gasteiger partial charge in [0.2, 0.25) is 0 Å². The third kappa shape index (κ3) is 3.84. The van der Waals surface area contributed by atoms with E-state index < -0.39 is 35.9 Å². The van der Waals surface area contributed by atoms with Crippen molar-refractivity contribution >= 4 is 17.6 Å². The Morgan fingerprint density at radius 3 is 2.65 bits per heavy atom. The summed E-state index contributed by atoms with van der Waals surface area (Å²) in [5.41, 5.74) is -0.619. The number of hydrogen-bond acceptors (Lipinski definition) is 3. The molecule has 138 valence electrons. The molecule has 6 nitrogen and oxygen atoms in total. The van der Waals surface area contributed by atoms with Crippen LogP contribution in [-0.4, -0.2) is 21.6 Å². The summed E-state index contributed by atoms with van der Waals surface area (Å²) < 4.78 is 53.5. The molecular formula is C16H14F4N4O2. The number of halogens is 4. The number of hydrogen-bond donors (Lipinski definition) is 2. The van der Waals surface area contributed by atoms with Crippen molar-refractivity contribution in [2.45, 2.75) is 32.1 Å². The Hall–Kier alpha value is -2.91. The summed E-state index contributed by atoms with van der Waals surface area (Å²) in [5.74, 6) is -3.00. The summed E-state index contributed by atoms with van der Waals surface area (Å²) in [6, 6.07) is 3.74. The molecule has 26 heavy (non-hydrogen) atoms. The maximum Gasteiger partial charge on any atom is 0.416 e. The molecule has 1 aromatic carbocycles. The zero-order valence-electron chi connectivity index (χ0n) is 13.4. The van der Waals surface area contributed by atoms with Crippen molar-refractivity contribution in [3.05, 3.63) is 46.9 Å². The van der Waals surface area contributed by atoms with E-state index in [4.69, 9.17) is 0 Å². The number of nitrogens with one attached hydrogen (secondary N) is 2. The van der Waals surface area contributed by atoms with Gasteiger partial charge in [-0.2, -0.15) is 18.3 Å². The summed E-state index contributed by atoms with van der Waals surface area (Å²) in [5, 5.41) is 8.49. The minimum Gasteiger partial charge on any atom is -0.344 e. The Bertz CT molecular complexity index is 839. The fourth-order valence-corrected chi connectivity index (χ4v) is 2.72. The number of aryl methyl sites for hydroxylation is 2. The molecule has 2 heterocycles. The van der Waals surface area contributed by atoms with Crippen LogP contribution in [0.1, 0.15) is 23.2 Å². The first-order valence-corrected chi connectivity index (χ1v) is 7.75. The van der Waals surface area contributed by atoms with E-state index in [2.05, 4.69) is 15.7 Å². The van der Waals surface area contributed by atoms with Crippen LogP contribution in [0.25, 0.3) is 0 Å². The van der Waals surface area contributed by atoms with Crippen LogP contribution < -0.4 is 10.6 Å². The number of aromatic nitrogens is 2. The van der Waals surface area contributed by atoms with Crippen molar-refractivity contribution < 1.29 is 27.2 Å². The van der Waals surface area contributed by atoms with Crippen LogP contribution in [-0.2, 0) is 35.3 Å². The lowest BCUT2D eigenvalue weighted by atomic mass is 10.1. The zero-order valence-corrected chi connectivity index (χ0v) is 13.4. The second-order valence-electron chi connectivity index (χ2n) is 5.78. The van der Waals surface area contributed by atoms with Crippen LogP contribution in [0, 0.1) is 5.82 Å². The summed E-state index contributed by atoms with van der Waals surface area (Å²) in [4.78, 5) is 23.7. The van der Waals surface area contributed by atoms with Gasteiger partial charge >= 0.3 is 18.0 Å². The van der Waals surface area contributed by atoms with Crippen molar-refractivity contribution in [2.75, 3.05) is 5.32 Å². The maximum absolute atomic E-state index is 13.1. The van der Waals surface area contributed by atoms with Crippen LogP contribution in [0.15, 0.2) is 24.3 Å². The van der Waals surface area contributed by atoms with Gasteiger partial charge < -0.3 is 10.6 Å². The van der Waals surface area contributed by atoms with Crippen LogP contribution in [0.5, 0.6) is 0 Å². The minimum absolute atomic E-state index is 0.206. The van der Waals surface area contributed by atoms with Gasteiger partial charge in [0, 0.05) is 24.8 Å². The smallest absolute Gasteiger partial charge is 0.344 e. The summed E-state index contributed by atoms with van der Waals surface area (Å²) in [6.07, 6.45) is -3.00. The zero-order chi connectivity index (χ0) is 18.9. The number of anilines is 1. The van der Waals surface area contributed by atoms with Gasteiger partial charge in [-0.25, -0.2) is 4.39 Å². The standard InChI is InChI=1S/C16H14F4N4O2/c17-10-4-3-9(12(6-10)16(18,19)20)8-21-14(25)15(26)22-13-7-11-2-1-5-24(11)23-13/h3-4,6-7H,1-2,5,8H2,(H,21,25)(H,22,23,26). The van der Waals surface area contributed by atoms with E-state index in [1.165, 1.54) is 0 Å². The van der Waals surface area contributed by atoms with Gasteiger partial charge in [0.1, 0.15) is 5.82 Å². The van der Waals surface area contributed by atoms with E-state index in [-0.39, 0.29) is 11.4 Å². The monoisotopic (exact) mass is 370 g/mol. The van der Waals surface area contributed by atoms with E-state index in [0.717, 1.165) is 37.2 Å². The topological polar surface area (TPSA) is 76.0 Å². The number of fused-ring (bicyclic) bond motifs is 1. The van der Waals surface area contributed by atoms with Crippen molar-refractivity contribution in [1.29, 1.82) is 0 Å². The fraction of sp³-hybridized carbons (Fsp3) is 0.312. The highest BCUT2D eigenvalue weighted by molar-refractivity contribution is 6.39. The van der Waals surface area contributed by atoms with Gasteiger partial charge in [-0.05, 0) is 30.5 Å². The Kier molecular flexibility index (Phi) is 4.66. The van der Waals surface area contributed by atoms with E-state index in [1.807, 2.05) is 0 Å². The number of alkyl halides is 3. The Morgan fingerprint density at radius 1 is 1.19 bits per heavy atom. The SMILES string of the molecule is O=C(NCc1ccc(F)cc1C(F)(F)F)C(=O)Nc1cc2n(n1)CCC2. The second-order valence-corrected chi connectivity index (χ2v) is 5.78. The number of carbonyl (C=O) groups excluding carboxylic acids is 2. The first-order chi connectivity index (χ1) is 12.2. The molecule has 0 unspecified atom stereocenters. The summed E-state index contributed by atoms with van der Waals surface area (Å²) >= 11 is 0. The highest BCUT2D eigenvalue weighted by Gasteiger charge is 2.34. The summed E-state index contributed by atoms with van der Waals surface area (Å²) in [6.45, 7) is 0.156. The molecule has 0 spiro atoms. The molecule has 2 N–H and O–H groups in total. The lowest BCUT2D eigenvalue weighted by molar-refractivity contribution is -0.139. The second kappa shape index (κ2) is 6.77. The van der Waals surface area contributed by atoms with Crippen molar-refractivity contribution in [2.24, 2.45) is 0 Å². The van der Waals surface area contributed by atoms with Gasteiger partial charge in [0.05, 0.1) is 5.56 Å². The molecule has 10 heteroatoms. The number of carbonyl (C=O) groups is 2. The molecule has 0 saturated carbocycles. The Balaban J connectivity index is 1.62. The molecule has 2 amide bonds. The average molecular weight is 370 g/mol. The molecule has 0 aliphatic carbocycles. The number of rotatable bonds is 3. The average Bonchev–Trinajstić information content (AvgIpc) is 3.13. The molecule has 0 atom stereocenters. The number of nitrogens with zero attached hydrogens (tertiary/aromatic N) is 2. The normalized spacial score (nSPS) is 13.4. The van der Waals surface area contributed by atoms with Crippen LogP contribution in [0.4, 0.5) is 23.4 Å². The molecule has 0 radical (unpaired) electrons. The van der Waals surface area contributed by atoms with Crippen molar-refractivity contribution in [3.8, 4) is 0 Å². The molecule has 2 aromatic rings. The lowest BCUT2D eigenvalue weighted by Gasteiger charge is -2.13. The van der Waals surface area contributed by atoms with Gasteiger partial charge in [0.25, 0.3) is 0 Å². The lowest BCUT2D eigenvalue weighted by Crippen LogP contribution is -2.35. The molecule has 0 bridgehead atoms. The minimum atomic E-state index is -4.78. The highest BCUT2D eigenvalue weighted by atomic mass is 19.4. The largest absolute Gasteiger partial charge is 0.416 e. The quantitative estimate of drug-likeness (QED) is 0.643. The first-order valence-electron chi connectivity index (χ1n) is 7.75. The van der Waals surface area contributed by atoms with E-state index in [0.29, 0.717) is 6.07 Å². The Morgan fingerprint density at radius 2 is 1.96 bits per heavy atom. The summed E-state index contributed by atoms with van der Waals surface area (Å²) in [7, 11) is 0. The predicted octanol–water partition coefficient (Wildman–Crippen LogP) is 2.24. The van der Waals surface area contributed by atoms with Crippen LogP contribution in [0.2, 0.25) is 0 Å². The third-order valence-corrected chi connectivity index (χ3v) is 3.93. The maximum atomic E-state index is 13.1. The van der Waals surface area contributed by atoms with E-state index in [1.54, 1.807) is 10.7 Å². The molecule has 1 aromatic heterocycles. The molecule has 0 fully saturated rings. The van der Waals surface area contributed by atoms with Crippen LogP contribution >= 0.6 is 0 Å². The molecular weight excluding hydrogens is 356 g/mol. The molecule has 0 saturated heterocycles. The molecule has 3 rings (SSSR count). The van der Waals surface area contributed by atoms with Gasteiger partial charge in [-0.1, -0.05) is 6.07 Å². The fourth-order valence-electron chi connectivity index (χ4n) is 2.72. The predicted molar refractivity (Wildman–Crippen MR) is 82.4 cm³/mol. The molecule has 1 aliphatic rings. The van der Waals surface area contributed by atoms with Crippen LogP contribution in [0.3, 0.4) is 0 Å². The third-order valence-electron chi connectivity index (χ3n) is 3.93. The van der Waals surface area contributed by atoms with Crippen molar-refractivity contribution in [3.63, 3.8) is 0 Å².